The maximum absolute atomic E-state index is 12.7. The lowest BCUT2D eigenvalue weighted by atomic mass is 10.2. The van der Waals surface area contributed by atoms with E-state index in [1.54, 1.807) is 0 Å². The van der Waals surface area contributed by atoms with Crippen LogP contribution in [0.4, 0.5) is 19.0 Å². The number of rotatable bonds is 4. The summed E-state index contributed by atoms with van der Waals surface area (Å²) < 4.78 is 39.8. The van der Waals surface area contributed by atoms with Gasteiger partial charge < -0.3 is 4.57 Å². The van der Waals surface area contributed by atoms with Crippen LogP contribution in [0, 0.1) is 4.77 Å². The summed E-state index contributed by atoms with van der Waals surface area (Å²) in [6.45, 7) is 2.48. The number of aromatic nitrogens is 2. The Morgan fingerprint density at radius 1 is 1.40 bits per heavy atom. The summed E-state index contributed by atoms with van der Waals surface area (Å²) >= 11 is 5.02. The van der Waals surface area contributed by atoms with E-state index in [-0.39, 0.29) is 16.2 Å². The van der Waals surface area contributed by atoms with Gasteiger partial charge in [0.25, 0.3) is 5.56 Å². The number of alkyl halides is 3. The lowest BCUT2D eigenvalue weighted by Gasteiger charge is -2.10. The van der Waals surface area contributed by atoms with Gasteiger partial charge in [0.15, 0.2) is 4.77 Å². The fourth-order valence-corrected chi connectivity index (χ4v) is 2.38. The molecule has 0 spiro atoms. The van der Waals surface area contributed by atoms with Crippen LogP contribution in [-0.4, -0.2) is 21.4 Å². The number of hydrogen-bond acceptors (Lipinski definition) is 3. The Labute approximate surface area is 118 Å². The molecule has 1 aromatic rings. The van der Waals surface area contributed by atoms with Crippen molar-refractivity contribution in [2.75, 3.05) is 0 Å². The Kier molecular flexibility index (Phi) is 4.12. The first-order chi connectivity index (χ1) is 9.34. The Morgan fingerprint density at radius 2 is 2.10 bits per heavy atom. The molecule has 2 heterocycles. The first-order valence-electron chi connectivity index (χ1n) is 6.35. The topological polar surface area (TPSA) is 50.1 Å². The molecule has 0 fully saturated rings. The van der Waals surface area contributed by atoms with Crippen LogP contribution in [0.25, 0.3) is 0 Å². The molecule has 1 aromatic heterocycles. The highest BCUT2D eigenvalue weighted by molar-refractivity contribution is 7.71. The number of hydrogen-bond donors (Lipinski definition) is 1. The highest BCUT2D eigenvalue weighted by atomic mass is 32.1. The summed E-state index contributed by atoms with van der Waals surface area (Å²) in [7, 11) is 0. The third kappa shape index (κ3) is 2.84. The van der Waals surface area contributed by atoms with Gasteiger partial charge in [0.2, 0.25) is 0 Å². The second-order valence-electron chi connectivity index (χ2n) is 4.65. The van der Waals surface area contributed by atoms with Gasteiger partial charge in [-0.25, -0.2) is 4.99 Å². The van der Waals surface area contributed by atoms with E-state index >= 15 is 0 Å². The van der Waals surface area contributed by atoms with Gasteiger partial charge in [-0.3, -0.25) is 9.78 Å². The van der Waals surface area contributed by atoms with Gasteiger partial charge in [0, 0.05) is 13.0 Å². The highest BCUT2D eigenvalue weighted by Gasteiger charge is 2.40. The second-order valence-corrected chi connectivity index (χ2v) is 5.04. The van der Waals surface area contributed by atoms with Crippen LogP contribution >= 0.6 is 12.2 Å². The highest BCUT2D eigenvalue weighted by Crippen LogP contribution is 2.31. The lowest BCUT2D eigenvalue weighted by molar-refractivity contribution is -0.0597. The van der Waals surface area contributed by atoms with Crippen LogP contribution in [0.15, 0.2) is 9.79 Å². The van der Waals surface area contributed by atoms with Crippen molar-refractivity contribution in [3.05, 3.63) is 20.7 Å². The van der Waals surface area contributed by atoms with Gasteiger partial charge in [0.1, 0.15) is 11.5 Å². The Bertz CT molecular complexity index is 657. The van der Waals surface area contributed by atoms with Crippen molar-refractivity contribution in [2.24, 2.45) is 4.99 Å². The van der Waals surface area contributed by atoms with Crippen LogP contribution in [0.3, 0.4) is 0 Å². The van der Waals surface area contributed by atoms with Crippen LogP contribution in [0.5, 0.6) is 0 Å². The number of H-pyrrole nitrogens is 1. The number of unbranched alkanes of at least 4 members (excludes halogenated alkanes) is 2. The van der Waals surface area contributed by atoms with E-state index in [2.05, 4.69) is 9.98 Å². The molecule has 1 aliphatic rings. The quantitative estimate of drug-likeness (QED) is 0.685. The molecule has 0 atom stereocenters. The van der Waals surface area contributed by atoms with Gasteiger partial charge >= 0.3 is 6.18 Å². The van der Waals surface area contributed by atoms with Gasteiger partial charge in [-0.05, 0) is 18.6 Å². The Morgan fingerprint density at radius 3 is 2.70 bits per heavy atom. The summed E-state index contributed by atoms with van der Waals surface area (Å²) in [6, 6.07) is 0. The van der Waals surface area contributed by atoms with Crippen LogP contribution in [-0.2, 0) is 13.0 Å². The number of nitrogens with zero attached hydrogens (tertiary/aromatic N) is 2. The molecule has 0 saturated heterocycles. The molecule has 0 amide bonds. The summed E-state index contributed by atoms with van der Waals surface area (Å²) in [6.07, 6.45) is -2.31. The molecule has 1 aliphatic heterocycles. The third-order valence-electron chi connectivity index (χ3n) is 3.16. The molecule has 2 rings (SSSR count). The summed E-state index contributed by atoms with van der Waals surface area (Å²) in [4.78, 5) is 17.7. The third-order valence-corrected chi connectivity index (χ3v) is 3.49. The Hall–Kier alpha value is -1.44. The number of halogens is 3. The summed E-state index contributed by atoms with van der Waals surface area (Å²) in [5.74, 6) is 0.0576. The SMILES string of the molecule is CCCCCn1c2c(c(=O)[nH]c1=S)CC(C(F)(F)F)=N2. The van der Waals surface area contributed by atoms with Crippen molar-refractivity contribution in [1.29, 1.82) is 0 Å². The van der Waals surface area contributed by atoms with Crippen molar-refractivity contribution < 1.29 is 13.2 Å². The maximum Gasteiger partial charge on any atom is 0.429 e. The van der Waals surface area contributed by atoms with E-state index in [9.17, 15) is 18.0 Å². The molecule has 0 saturated carbocycles. The zero-order valence-corrected chi connectivity index (χ0v) is 11.7. The summed E-state index contributed by atoms with van der Waals surface area (Å²) in [5.41, 5.74) is -1.48. The number of nitrogens with one attached hydrogen (secondary N) is 1. The minimum absolute atomic E-state index is 0.0439. The normalized spacial score (nSPS) is 14.3. The zero-order valence-electron chi connectivity index (χ0n) is 10.9. The van der Waals surface area contributed by atoms with Crippen LogP contribution in [0.1, 0.15) is 31.7 Å². The molecule has 110 valence electrons. The van der Waals surface area contributed by atoms with Gasteiger partial charge in [0.05, 0.1) is 5.56 Å². The number of fused-ring (bicyclic) bond motifs is 1. The van der Waals surface area contributed by atoms with Crippen molar-refractivity contribution in [3.63, 3.8) is 0 Å². The van der Waals surface area contributed by atoms with E-state index in [1.807, 2.05) is 6.92 Å². The molecule has 8 heteroatoms. The molecular formula is C12H14F3N3OS. The van der Waals surface area contributed by atoms with E-state index in [1.165, 1.54) is 4.57 Å². The zero-order chi connectivity index (χ0) is 14.9. The number of aliphatic imine (C=N–C) groups is 1. The van der Waals surface area contributed by atoms with Crippen LogP contribution in [0.2, 0.25) is 0 Å². The molecule has 0 aliphatic carbocycles. The molecule has 0 unspecified atom stereocenters. The minimum atomic E-state index is -4.52. The average molecular weight is 305 g/mol. The van der Waals surface area contributed by atoms with E-state index in [0.717, 1.165) is 19.3 Å². The van der Waals surface area contributed by atoms with Crippen molar-refractivity contribution >= 4 is 23.7 Å². The monoisotopic (exact) mass is 305 g/mol. The molecule has 20 heavy (non-hydrogen) atoms. The van der Waals surface area contributed by atoms with E-state index in [4.69, 9.17) is 12.2 Å². The average Bonchev–Trinajstić information content (AvgIpc) is 2.78. The maximum atomic E-state index is 12.7. The molecule has 4 nitrogen and oxygen atoms in total. The minimum Gasteiger partial charge on any atom is -0.303 e. The summed E-state index contributed by atoms with van der Waals surface area (Å²) in [5, 5.41) is 0. The van der Waals surface area contributed by atoms with E-state index < -0.39 is 23.9 Å². The van der Waals surface area contributed by atoms with Crippen LogP contribution < -0.4 is 5.56 Å². The number of aromatic amines is 1. The first-order valence-corrected chi connectivity index (χ1v) is 6.76. The van der Waals surface area contributed by atoms with Gasteiger partial charge in [-0.1, -0.05) is 19.8 Å². The first kappa shape index (κ1) is 15.0. The predicted octanol–water partition coefficient (Wildman–Crippen LogP) is 3.29. The molecule has 0 aromatic carbocycles. The van der Waals surface area contributed by atoms with E-state index in [0.29, 0.717) is 6.54 Å². The molecule has 0 radical (unpaired) electrons. The standard InChI is InChI=1S/C12H14F3N3OS/c1-2-3-4-5-18-9-7(10(19)17-11(18)20)6-8(16-9)12(13,14)15/h2-6H2,1H3,(H,17,19,20). The Balaban J connectivity index is 2.45. The second kappa shape index (κ2) is 5.51. The van der Waals surface area contributed by atoms with Gasteiger partial charge in [-0.15, -0.1) is 0 Å². The molecule has 0 bridgehead atoms. The largest absolute Gasteiger partial charge is 0.429 e. The smallest absolute Gasteiger partial charge is 0.303 e. The van der Waals surface area contributed by atoms with Crippen molar-refractivity contribution in [3.8, 4) is 0 Å². The van der Waals surface area contributed by atoms with Crippen molar-refractivity contribution in [1.82, 2.24) is 9.55 Å². The molecule has 1 N–H and O–H groups in total. The van der Waals surface area contributed by atoms with Crippen molar-refractivity contribution in [2.45, 2.75) is 45.3 Å². The predicted molar refractivity (Wildman–Crippen MR) is 72.3 cm³/mol. The molecular weight excluding hydrogens is 291 g/mol. The fourth-order valence-electron chi connectivity index (χ4n) is 2.11. The lowest BCUT2D eigenvalue weighted by Crippen LogP contribution is -2.24. The fraction of sp³-hybridized carbons (Fsp3) is 0.583. The van der Waals surface area contributed by atoms with Gasteiger partial charge in [-0.2, -0.15) is 13.2 Å².